The van der Waals surface area contributed by atoms with Gasteiger partial charge in [0.25, 0.3) is 0 Å². The maximum atomic E-state index is 13.2. The first-order chi connectivity index (χ1) is 13.6. The Morgan fingerprint density at radius 2 is 1.86 bits per heavy atom. The number of anilines is 1. The number of fused-ring (bicyclic) bond motifs is 1. The minimum absolute atomic E-state index is 0.0205. The van der Waals surface area contributed by atoms with Crippen molar-refractivity contribution in [3.05, 3.63) is 65.2 Å². The van der Waals surface area contributed by atoms with Crippen LogP contribution in [0.4, 0.5) is 5.69 Å². The van der Waals surface area contributed by atoms with E-state index in [1.807, 2.05) is 52.0 Å². The second-order valence-electron chi connectivity index (χ2n) is 8.87. The molecule has 0 saturated heterocycles. The van der Waals surface area contributed by atoms with E-state index in [0.29, 0.717) is 6.42 Å². The summed E-state index contributed by atoms with van der Waals surface area (Å²) in [5.41, 5.74) is 3.95. The van der Waals surface area contributed by atoms with Gasteiger partial charge in [-0.3, -0.25) is 9.59 Å². The van der Waals surface area contributed by atoms with Crippen LogP contribution in [-0.2, 0) is 16.0 Å². The van der Waals surface area contributed by atoms with Gasteiger partial charge in [-0.25, -0.2) is 0 Å². The van der Waals surface area contributed by atoms with Crippen LogP contribution in [0.5, 0.6) is 0 Å². The Balaban J connectivity index is 1.98. The average molecular weight is 457 g/mol. The number of benzene rings is 2. The van der Waals surface area contributed by atoms with Crippen molar-refractivity contribution in [2.24, 2.45) is 0 Å². The van der Waals surface area contributed by atoms with Gasteiger partial charge in [-0.1, -0.05) is 58.4 Å². The summed E-state index contributed by atoms with van der Waals surface area (Å²) in [6, 6.07) is 16.6. The van der Waals surface area contributed by atoms with Crippen LogP contribution in [0.2, 0.25) is 0 Å². The summed E-state index contributed by atoms with van der Waals surface area (Å²) in [6.07, 6.45) is 1.55. The Morgan fingerprint density at radius 3 is 2.52 bits per heavy atom. The van der Waals surface area contributed by atoms with Gasteiger partial charge >= 0.3 is 0 Å². The molecule has 2 amide bonds. The molecule has 1 aliphatic heterocycles. The van der Waals surface area contributed by atoms with Gasteiger partial charge in [-0.15, -0.1) is 0 Å². The molecule has 2 aromatic rings. The summed E-state index contributed by atoms with van der Waals surface area (Å²) in [4.78, 5) is 27.2. The zero-order chi connectivity index (χ0) is 21.2. The molecule has 0 unspecified atom stereocenters. The van der Waals surface area contributed by atoms with Crippen molar-refractivity contribution in [1.82, 2.24) is 5.32 Å². The number of nitrogens with one attached hydrogen (secondary N) is 1. The van der Waals surface area contributed by atoms with E-state index >= 15 is 0 Å². The molecule has 2 atom stereocenters. The molecule has 0 aliphatic carbocycles. The summed E-state index contributed by atoms with van der Waals surface area (Å²) in [6.45, 7) is 7.86. The smallest absolute Gasteiger partial charge is 0.241 e. The fourth-order valence-electron chi connectivity index (χ4n) is 3.85. The molecule has 154 valence electrons. The van der Waals surface area contributed by atoms with Crippen molar-refractivity contribution in [2.75, 3.05) is 11.4 Å². The molecule has 29 heavy (non-hydrogen) atoms. The second-order valence-corrected chi connectivity index (χ2v) is 9.98. The number of rotatable bonds is 4. The fourth-order valence-corrected chi connectivity index (χ4v) is 4.55. The first kappa shape index (κ1) is 21.6. The molecule has 0 fully saturated rings. The Kier molecular flexibility index (Phi) is 6.47. The monoisotopic (exact) mass is 456 g/mol. The number of amides is 2. The lowest BCUT2D eigenvalue weighted by Gasteiger charge is -2.27. The van der Waals surface area contributed by atoms with Crippen molar-refractivity contribution in [1.29, 1.82) is 0 Å². The summed E-state index contributed by atoms with van der Waals surface area (Å²) in [5.74, 6) is -0.0204. The minimum Gasteiger partial charge on any atom is -0.350 e. The molecule has 5 heteroatoms. The first-order valence-electron chi connectivity index (χ1n) is 10.0. The number of nitrogens with zero attached hydrogens (tertiary/aromatic N) is 1. The number of alkyl halides is 1. The van der Waals surface area contributed by atoms with Crippen LogP contribution in [0.1, 0.15) is 49.8 Å². The molecule has 1 aliphatic rings. The zero-order valence-electron chi connectivity index (χ0n) is 17.5. The van der Waals surface area contributed by atoms with Crippen molar-refractivity contribution >= 4 is 33.4 Å². The predicted molar refractivity (Wildman–Crippen MR) is 122 cm³/mol. The number of hydrogen-bond donors (Lipinski definition) is 1. The van der Waals surface area contributed by atoms with Crippen LogP contribution in [0.15, 0.2) is 48.5 Å². The molecule has 3 rings (SSSR count). The highest BCUT2D eigenvalue weighted by Gasteiger charge is 2.35. The molecular weight excluding hydrogens is 428 g/mol. The Morgan fingerprint density at radius 1 is 1.17 bits per heavy atom. The number of halogens is 1. The lowest BCUT2D eigenvalue weighted by molar-refractivity contribution is -0.124. The van der Waals surface area contributed by atoms with Gasteiger partial charge in [0.05, 0.1) is 4.83 Å². The van der Waals surface area contributed by atoms with Crippen molar-refractivity contribution < 1.29 is 9.59 Å². The maximum absolute atomic E-state index is 13.2. The molecule has 1 N–H and O–H groups in total. The predicted octanol–water partition coefficient (Wildman–Crippen LogP) is 4.74. The zero-order valence-corrected chi connectivity index (χ0v) is 19.1. The van der Waals surface area contributed by atoms with Gasteiger partial charge in [-0.05, 0) is 69.2 Å². The van der Waals surface area contributed by atoms with E-state index < -0.39 is 0 Å². The number of carbonyl (C=O) groups is 2. The highest BCUT2D eigenvalue weighted by Crippen LogP contribution is 2.39. The van der Waals surface area contributed by atoms with Gasteiger partial charge in [-0.2, -0.15) is 0 Å². The third-order valence-electron chi connectivity index (χ3n) is 5.08. The van der Waals surface area contributed by atoms with Gasteiger partial charge in [0.1, 0.15) is 6.54 Å². The lowest BCUT2D eigenvalue weighted by atomic mass is 9.87. The van der Waals surface area contributed by atoms with E-state index in [2.05, 4.69) is 45.5 Å². The van der Waals surface area contributed by atoms with Gasteiger partial charge in [0, 0.05) is 11.2 Å². The highest BCUT2D eigenvalue weighted by molar-refractivity contribution is 9.10. The SMILES string of the molecule is Cc1ccc2c(c1)N(CC(=O)NC(C)(C)C)C(=O)[C@@H](Br)C[C@@H]2Cc1ccccc1. The van der Waals surface area contributed by atoms with Crippen molar-refractivity contribution in [2.45, 2.75) is 56.8 Å². The number of aryl methyl sites for hydroxylation is 1. The van der Waals surface area contributed by atoms with Crippen molar-refractivity contribution in [3.63, 3.8) is 0 Å². The molecule has 1 heterocycles. The quantitative estimate of drug-likeness (QED) is 0.675. The normalized spacial score (nSPS) is 19.5. The Labute approximate surface area is 181 Å². The molecule has 0 radical (unpaired) electrons. The summed E-state index contributed by atoms with van der Waals surface area (Å²) in [5, 5.41) is 2.97. The van der Waals surface area contributed by atoms with E-state index in [1.165, 1.54) is 5.56 Å². The molecule has 4 nitrogen and oxygen atoms in total. The second kappa shape index (κ2) is 8.70. The van der Waals surface area contributed by atoms with E-state index in [9.17, 15) is 9.59 Å². The van der Waals surface area contributed by atoms with E-state index in [0.717, 1.165) is 23.2 Å². The van der Waals surface area contributed by atoms with E-state index in [4.69, 9.17) is 0 Å². The third-order valence-corrected chi connectivity index (χ3v) is 5.85. The molecule has 2 aromatic carbocycles. The fraction of sp³-hybridized carbons (Fsp3) is 0.417. The number of hydrogen-bond acceptors (Lipinski definition) is 2. The van der Waals surface area contributed by atoms with Crippen LogP contribution >= 0.6 is 15.9 Å². The summed E-state index contributed by atoms with van der Waals surface area (Å²) >= 11 is 3.60. The van der Waals surface area contributed by atoms with Crippen LogP contribution < -0.4 is 10.2 Å². The summed E-state index contributed by atoms with van der Waals surface area (Å²) < 4.78 is 0. The maximum Gasteiger partial charge on any atom is 0.241 e. The topological polar surface area (TPSA) is 49.4 Å². The molecule has 0 aromatic heterocycles. The van der Waals surface area contributed by atoms with Crippen LogP contribution in [0.3, 0.4) is 0 Å². The lowest BCUT2D eigenvalue weighted by Crippen LogP contribution is -2.48. The standard InChI is InChI=1S/C24H29BrN2O2/c1-16-10-11-19-18(13-17-8-6-5-7-9-17)14-20(25)23(29)27(21(19)12-16)15-22(28)26-24(2,3)4/h5-12,18,20H,13-15H2,1-4H3,(H,26,28)/t18-,20-/m0/s1. The van der Waals surface area contributed by atoms with Gasteiger partial charge < -0.3 is 10.2 Å². The first-order valence-corrected chi connectivity index (χ1v) is 11.0. The van der Waals surface area contributed by atoms with Crippen LogP contribution in [-0.4, -0.2) is 28.7 Å². The molecule has 0 spiro atoms. The Bertz CT molecular complexity index is 889. The van der Waals surface area contributed by atoms with Crippen LogP contribution in [0, 0.1) is 6.92 Å². The van der Waals surface area contributed by atoms with Crippen LogP contribution in [0.25, 0.3) is 0 Å². The average Bonchev–Trinajstić information content (AvgIpc) is 2.72. The number of carbonyl (C=O) groups excluding carboxylic acids is 2. The van der Waals surface area contributed by atoms with Crippen molar-refractivity contribution in [3.8, 4) is 0 Å². The summed E-state index contributed by atoms with van der Waals surface area (Å²) in [7, 11) is 0. The van der Waals surface area contributed by atoms with Gasteiger partial charge in [0.15, 0.2) is 0 Å². The third kappa shape index (κ3) is 5.47. The minimum atomic E-state index is -0.342. The van der Waals surface area contributed by atoms with E-state index in [1.54, 1.807) is 4.90 Å². The molecular formula is C24H29BrN2O2. The highest BCUT2D eigenvalue weighted by atomic mass is 79.9. The molecule has 0 bridgehead atoms. The van der Waals surface area contributed by atoms with E-state index in [-0.39, 0.29) is 34.6 Å². The Hall–Kier alpha value is -2.14. The molecule has 0 saturated carbocycles. The van der Waals surface area contributed by atoms with Gasteiger partial charge in [0.2, 0.25) is 11.8 Å². The largest absolute Gasteiger partial charge is 0.350 e.